The third-order valence-electron chi connectivity index (χ3n) is 3.50. The molecule has 0 radical (unpaired) electrons. The van der Waals surface area contributed by atoms with Crippen molar-refractivity contribution in [3.05, 3.63) is 35.5 Å². The van der Waals surface area contributed by atoms with Gasteiger partial charge in [0, 0.05) is 24.7 Å². The Balaban J connectivity index is 2.29. The van der Waals surface area contributed by atoms with Crippen LogP contribution in [0.2, 0.25) is 0 Å². The Labute approximate surface area is 110 Å². The van der Waals surface area contributed by atoms with Gasteiger partial charge >= 0.3 is 0 Å². The van der Waals surface area contributed by atoms with E-state index in [2.05, 4.69) is 62.1 Å². The summed E-state index contributed by atoms with van der Waals surface area (Å²) in [5, 5.41) is 4.91. The van der Waals surface area contributed by atoms with Crippen LogP contribution in [-0.4, -0.2) is 17.2 Å². The number of nitrogens with zero attached hydrogens (tertiary/aromatic N) is 1. The van der Waals surface area contributed by atoms with Gasteiger partial charge in [-0.25, -0.2) is 0 Å². The molecule has 0 bridgehead atoms. The maximum atomic E-state index is 3.49. The van der Waals surface area contributed by atoms with Gasteiger partial charge in [0.25, 0.3) is 0 Å². The number of fused-ring (bicyclic) bond motifs is 1. The lowest BCUT2D eigenvalue weighted by Gasteiger charge is -2.07. The highest BCUT2D eigenvalue weighted by Crippen LogP contribution is 2.24. The summed E-state index contributed by atoms with van der Waals surface area (Å²) in [6.07, 6.45) is 4.48. The molecular formula is C16H24N2. The van der Waals surface area contributed by atoms with Crippen molar-refractivity contribution in [3.8, 4) is 0 Å². The van der Waals surface area contributed by atoms with Gasteiger partial charge in [0.2, 0.25) is 0 Å². The van der Waals surface area contributed by atoms with Crippen LogP contribution in [-0.2, 0) is 19.9 Å². The predicted molar refractivity (Wildman–Crippen MR) is 79.1 cm³/mol. The molecule has 0 spiro atoms. The van der Waals surface area contributed by atoms with Crippen LogP contribution in [0.15, 0.2) is 24.4 Å². The lowest BCUT2D eigenvalue weighted by Crippen LogP contribution is -2.24. The molecule has 2 nitrogen and oxygen atoms in total. The Kier molecular flexibility index (Phi) is 4.07. The van der Waals surface area contributed by atoms with E-state index in [9.17, 15) is 0 Å². The van der Waals surface area contributed by atoms with Gasteiger partial charge in [-0.15, -0.1) is 0 Å². The molecule has 0 aliphatic heterocycles. The first-order chi connectivity index (χ1) is 8.63. The van der Waals surface area contributed by atoms with E-state index in [1.807, 2.05) is 0 Å². The summed E-state index contributed by atoms with van der Waals surface area (Å²) in [4.78, 5) is 0. The normalized spacial score (nSPS) is 11.6. The predicted octanol–water partition coefficient (Wildman–Crippen LogP) is 3.28. The summed E-state index contributed by atoms with van der Waals surface area (Å²) >= 11 is 0. The molecule has 2 aromatic rings. The molecule has 1 aromatic heterocycles. The topological polar surface area (TPSA) is 17.0 Å². The van der Waals surface area contributed by atoms with Gasteiger partial charge < -0.3 is 9.88 Å². The smallest absolute Gasteiger partial charge is 0.0512 e. The van der Waals surface area contributed by atoms with Crippen molar-refractivity contribution in [3.63, 3.8) is 0 Å². The lowest BCUT2D eigenvalue weighted by atomic mass is 10.1. The molecule has 2 rings (SSSR count). The molecule has 1 aromatic carbocycles. The van der Waals surface area contributed by atoms with Crippen molar-refractivity contribution in [1.82, 2.24) is 9.88 Å². The van der Waals surface area contributed by atoms with Gasteiger partial charge in [0.1, 0.15) is 0 Å². The second-order valence-electron chi connectivity index (χ2n) is 5.29. The molecule has 0 aliphatic rings. The van der Waals surface area contributed by atoms with Crippen molar-refractivity contribution in [2.45, 2.75) is 39.7 Å². The molecule has 0 unspecified atom stereocenters. The Hall–Kier alpha value is -1.28. The Bertz CT molecular complexity index is 523. The maximum absolute atomic E-state index is 3.49. The van der Waals surface area contributed by atoms with Crippen LogP contribution in [0.1, 0.15) is 31.9 Å². The highest BCUT2D eigenvalue weighted by Gasteiger charge is 2.09. The molecule has 98 valence electrons. The van der Waals surface area contributed by atoms with Crippen molar-refractivity contribution in [2.75, 3.05) is 6.54 Å². The van der Waals surface area contributed by atoms with Crippen molar-refractivity contribution in [2.24, 2.45) is 7.05 Å². The first-order valence-electron chi connectivity index (χ1n) is 6.92. The molecule has 2 heteroatoms. The number of para-hydroxylation sites is 1. The van der Waals surface area contributed by atoms with Gasteiger partial charge in [0.05, 0.1) is 5.52 Å². The average Bonchev–Trinajstić information content (AvgIpc) is 2.66. The van der Waals surface area contributed by atoms with Crippen LogP contribution < -0.4 is 5.32 Å². The Morgan fingerprint density at radius 3 is 2.67 bits per heavy atom. The standard InChI is InChI=1S/C16H24N2/c1-5-13-7-6-8-15-14(9-10-17-12(2)3)11-18(4)16(13)15/h6-8,11-12,17H,5,9-10H2,1-4H3. The Morgan fingerprint density at radius 1 is 1.22 bits per heavy atom. The fraction of sp³-hybridized carbons (Fsp3) is 0.500. The number of hydrogen-bond donors (Lipinski definition) is 1. The molecule has 1 heterocycles. The van der Waals surface area contributed by atoms with E-state index in [0.717, 1.165) is 19.4 Å². The molecule has 0 atom stereocenters. The summed E-state index contributed by atoms with van der Waals surface area (Å²) in [5.41, 5.74) is 4.30. The van der Waals surface area contributed by atoms with E-state index in [4.69, 9.17) is 0 Å². The van der Waals surface area contributed by atoms with Crippen LogP contribution >= 0.6 is 0 Å². The first kappa shape index (κ1) is 13.2. The summed E-state index contributed by atoms with van der Waals surface area (Å²) in [6.45, 7) is 7.66. The van der Waals surface area contributed by atoms with Crippen LogP contribution in [0.4, 0.5) is 0 Å². The number of aryl methyl sites for hydroxylation is 2. The molecule has 18 heavy (non-hydrogen) atoms. The Morgan fingerprint density at radius 2 is 2.00 bits per heavy atom. The van der Waals surface area contributed by atoms with Crippen molar-refractivity contribution in [1.29, 1.82) is 0 Å². The summed E-state index contributed by atoms with van der Waals surface area (Å²) in [5.74, 6) is 0. The average molecular weight is 244 g/mol. The van der Waals surface area contributed by atoms with Crippen LogP contribution in [0.25, 0.3) is 10.9 Å². The van der Waals surface area contributed by atoms with E-state index in [0.29, 0.717) is 6.04 Å². The molecule has 0 fully saturated rings. The molecule has 1 N–H and O–H groups in total. The minimum absolute atomic E-state index is 0.561. The number of hydrogen-bond acceptors (Lipinski definition) is 1. The highest BCUT2D eigenvalue weighted by molar-refractivity contribution is 5.86. The summed E-state index contributed by atoms with van der Waals surface area (Å²) < 4.78 is 2.28. The zero-order chi connectivity index (χ0) is 13.1. The van der Waals surface area contributed by atoms with Crippen molar-refractivity contribution < 1.29 is 0 Å². The SMILES string of the molecule is CCc1cccc2c(CCNC(C)C)cn(C)c12. The molecule has 0 saturated carbocycles. The van der Waals surface area contributed by atoms with Gasteiger partial charge in [-0.05, 0) is 30.5 Å². The van der Waals surface area contributed by atoms with Crippen LogP contribution in [0.3, 0.4) is 0 Å². The monoisotopic (exact) mass is 244 g/mol. The summed E-state index contributed by atoms with van der Waals surface area (Å²) in [6, 6.07) is 7.23. The fourth-order valence-corrected chi connectivity index (χ4v) is 2.61. The number of rotatable bonds is 5. The van der Waals surface area contributed by atoms with E-state index in [-0.39, 0.29) is 0 Å². The van der Waals surface area contributed by atoms with E-state index in [1.165, 1.54) is 22.0 Å². The summed E-state index contributed by atoms with van der Waals surface area (Å²) in [7, 11) is 2.15. The zero-order valence-corrected chi connectivity index (χ0v) is 12.0. The van der Waals surface area contributed by atoms with Crippen LogP contribution in [0, 0.1) is 0 Å². The second-order valence-corrected chi connectivity index (χ2v) is 5.29. The number of benzene rings is 1. The fourth-order valence-electron chi connectivity index (χ4n) is 2.61. The minimum Gasteiger partial charge on any atom is -0.350 e. The van der Waals surface area contributed by atoms with Gasteiger partial charge in [-0.1, -0.05) is 39.0 Å². The number of aromatic nitrogens is 1. The number of nitrogens with one attached hydrogen (secondary N) is 1. The van der Waals surface area contributed by atoms with Crippen LogP contribution in [0.5, 0.6) is 0 Å². The lowest BCUT2D eigenvalue weighted by molar-refractivity contribution is 0.591. The van der Waals surface area contributed by atoms with Gasteiger partial charge in [-0.3, -0.25) is 0 Å². The quantitative estimate of drug-likeness (QED) is 0.854. The molecule has 0 aliphatic carbocycles. The minimum atomic E-state index is 0.561. The maximum Gasteiger partial charge on any atom is 0.0512 e. The zero-order valence-electron chi connectivity index (χ0n) is 12.0. The third-order valence-corrected chi connectivity index (χ3v) is 3.50. The van der Waals surface area contributed by atoms with Crippen molar-refractivity contribution >= 4 is 10.9 Å². The molecule has 0 saturated heterocycles. The highest BCUT2D eigenvalue weighted by atomic mass is 14.9. The first-order valence-corrected chi connectivity index (χ1v) is 6.92. The van der Waals surface area contributed by atoms with E-state index < -0.39 is 0 Å². The largest absolute Gasteiger partial charge is 0.350 e. The van der Waals surface area contributed by atoms with Gasteiger partial charge in [0.15, 0.2) is 0 Å². The second kappa shape index (κ2) is 5.57. The van der Waals surface area contributed by atoms with E-state index >= 15 is 0 Å². The molecular weight excluding hydrogens is 220 g/mol. The molecule has 0 amide bonds. The third kappa shape index (κ3) is 2.59. The van der Waals surface area contributed by atoms with Gasteiger partial charge in [-0.2, -0.15) is 0 Å². The van der Waals surface area contributed by atoms with E-state index in [1.54, 1.807) is 0 Å².